The molecule has 0 aromatic carbocycles. The van der Waals surface area contributed by atoms with E-state index >= 15 is 0 Å². The summed E-state index contributed by atoms with van der Waals surface area (Å²) in [7, 11) is 0. The van der Waals surface area contributed by atoms with Crippen molar-refractivity contribution in [1.82, 2.24) is 0 Å². The molecular weight excluding hydrogens is 152 g/mol. The Morgan fingerprint density at radius 1 is 0.750 bits per heavy atom. The fraction of sp³-hybridized carbons (Fsp3) is 0.600. The third kappa shape index (κ3) is 9.40. The van der Waals surface area contributed by atoms with Gasteiger partial charge in [-0.1, -0.05) is 12.2 Å². The molecule has 0 amide bonds. The van der Waals surface area contributed by atoms with E-state index in [1.54, 1.807) is 0 Å². The van der Waals surface area contributed by atoms with E-state index in [1.807, 2.05) is 12.2 Å². The molecule has 0 fully saturated rings. The van der Waals surface area contributed by atoms with Gasteiger partial charge in [0.25, 0.3) is 0 Å². The van der Waals surface area contributed by atoms with E-state index in [2.05, 4.69) is 13.2 Å². The van der Waals surface area contributed by atoms with Crippen molar-refractivity contribution in [1.29, 1.82) is 0 Å². The molecule has 0 aliphatic heterocycles. The highest BCUT2D eigenvalue weighted by Gasteiger charge is 1.87. The first-order valence-electron chi connectivity index (χ1n) is 4.29. The highest BCUT2D eigenvalue weighted by Crippen LogP contribution is 1.86. The maximum absolute atomic E-state index is 5.23. The molecule has 2 heteroatoms. The fourth-order valence-corrected chi connectivity index (χ4v) is 0.655. The lowest BCUT2D eigenvalue weighted by Crippen LogP contribution is -2.05. The summed E-state index contributed by atoms with van der Waals surface area (Å²) in [6, 6.07) is 0. The van der Waals surface area contributed by atoms with Crippen LogP contribution in [0.3, 0.4) is 0 Å². The molecule has 0 aromatic heterocycles. The van der Waals surface area contributed by atoms with Gasteiger partial charge >= 0.3 is 0 Å². The van der Waals surface area contributed by atoms with E-state index < -0.39 is 0 Å². The molecule has 0 atom stereocenters. The standard InChI is InChI=1S/C10H18O2/c1-3-5-7-11-9-10-12-8-6-4-2/h3-4H,1-2,5-10H2. The topological polar surface area (TPSA) is 18.5 Å². The first-order chi connectivity index (χ1) is 5.91. The second-order valence-electron chi connectivity index (χ2n) is 2.38. The van der Waals surface area contributed by atoms with Crippen LogP contribution in [-0.4, -0.2) is 26.4 Å². The third-order valence-corrected chi connectivity index (χ3v) is 1.30. The van der Waals surface area contributed by atoms with Gasteiger partial charge in [-0.3, -0.25) is 0 Å². The Kier molecular flexibility index (Phi) is 9.88. The monoisotopic (exact) mass is 170 g/mol. The number of hydrogen-bond donors (Lipinski definition) is 0. The zero-order chi connectivity index (χ0) is 9.07. The van der Waals surface area contributed by atoms with Gasteiger partial charge in [0.15, 0.2) is 0 Å². The van der Waals surface area contributed by atoms with Gasteiger partial charge in [0.05, 0.1) is 26.4 Å². The quantitative estimate of drug-likeness (QED) is 0.390. The molecule has 0 rings (SSSR count). The van der Waals surface area contributed by atoms with Gasteiger partial charge in [0, 0.05) is 0 Å². The van der Waals surface area contributed by atoms with E-state index in [0.717, 1.165) is 26.1 Å². The summed E-state index contributed by atoms with van der Waals surface area (Å²) in [5.41, 5.74) is 0. The summed E-state index contributed by atoms with van der Waals surface area (Å²) in [4.78, 5) is 0. The van der Waals surface area contributed by atoms with Crippen molar-refractivity contribution in [3.05, 3.63) is 25.3 Å². The second-order valence-corrected chi connectivity index (χ2v) is 2.38. The SMILES string of the molecule is C=CCCOCCOCCC=C. The Labute approximate surface area is 74.9 Å². The summed E-state index contributed by atoms with van der Waals surface area (Å²) < 4.78 is 10.5. The van der Waals surface area contributed by atoms with E-state index in [4.69, 9.17) is 9.47 Å². The molecule has 0 spiro atoms. The molecule has 0 radical (unpaired) electrons. The van der Waals surface area contributed by atoms with Gasteiger partial charge in [-0.2, -0.15) is 0 Å². The van der Waals surface area contributed by atoms with Gasteiger partial charge in [-0.05, 0) is 12.8 Å². The Morgan fingerprint density at radius 2 is 1.17 bits per heavy atom. The van der Waals surface area contributed by atoms with Gasteiger partial charge in [0.2, 0.25) is 0 Å². The molecule has 0 unspecified atom stereocenters. The largest absolute Gasteiger partial charge is 0.379 e. The number of rotatable bonds is 9. The summed E-state index contributed by atoms with van der Waals surface area (Å²) >= 11 is 0. The van der Waals surface area contributed by atoms with E-state index in [1.165, 1.54) is 0 Å². The van der Waals surface area contributed by atoms with Gasteiger partial charge in [-0.25, -0.2) is 0 Å². The van der Waals surface area contributed by atoms with Gasteiger partial charge < -0.3 is 9.47 Å². The average Bonchev–Trinajstić information content (AvgIpc) is 2.10. The molecule has 0 aliphatic rings. The van der Waals surface area contributed by atoms with Crippen LogP contribution in [0, 0.1) is 0 Å². The zero-order valence-corrected chi connectivity index (χ0v) is 7.63. The molecule has 0 heterocycles. The van der Waals surface area contributed by atoms with Crippen LogP contribution in [0.15, 0.2) is 25.3 Å². The molecule has 12 heavy (non-hydrogen) atoms. The van der Waals surface area contributed by atoms with Crippen LogP contribution < -0.4 is 0 Å². The molecule has 70 valence electrons. The minimum absolute atomic E-state index is 0.672. The van der Waals surface area contributed by atoms with Crippen molar-refractivity contribution >= 4 is 0 Å². The second kappa shape index (κ2) is 10.4. The summed E-state index contributed by atoms with van der Waals surface area (Å²) in [5.74, 6) is 0. The predicted octanol–water partition coefficient (Wildman–Crippen LogP) is 2.17. The molecule has 0 aliphatic carbocycles. The van der Waals surface area contributed by atoms with Crippen LogP contribution in [0.25, 0.3) is 0 Å². The lowest BCUT2D eigenvalue weighted by Gasteiger charge is -2.02. The maximum atomic E-state index is 5.23. The fourth-order valence-electron chi connectivity index (χ4n) is 0.655. The van der Waals surface area contributed by atoms with Gasteiger partial charge in [0.1, 0.15) is 0 Å². The predicted molar refractivity (Wildman–Crippen MR) is 51.3 cm³/mol. The van der Waals surface area contributed by atoms with Crippen molar-refractivity contribution in [2.75, 3.05) is 26.4 Å². The number of ether oxygens (including phenoxy) is 2. The van der Waals surface area contributed by atoms with Crippen molar-refractivity contribution in [3.63, 3.8) is 0 Å². The Balaban J connectivity index is 2.81. The molecule has 0 aromatic rings. The van der Waals surface area contributed by atoms with Crippen LogP contribution in [-0.2, 0) is 9.47 Å². The molecule has 0 saturated carbocycles. The zero-order valence-electron chi connectivity index (χ0n) is 7.63. The van der Waals surface area contributed by atoms with Crippen molar-refractivity contribution in [2.45, 2.75) is 12.8 Å². The first kappa shape index (κ1) is 11.4. The first-order valence-corrected chi connectivity index (χ1v) is 4.29. The maximum Gasteiger partial charge on any atom is 0.0700 e. The van der Waals surface area contributed by atoms with E-state index in [-0.39, 0.29) is 0 Å². The highest BCUT2D eigenvalue weighted by atomic mass is 16.5. The van der Waals surface area contributed by atoms with Crippen molar-refractivity contribution in [3.8, 4) is 0 Å². The van der Waals surface area contributed by atoms with Gasteiger partial charge in [-0.15, -0.1) is 13.2 Å². The molecule has 0 N–H and O–H groups in total. The van der Waals surface area contributed by atoms with E-state index in [9.17, 15) is 0 Å². The Bertz CT molecular complexity index is 96.4. The van der Waals surface area contributed by atoms with E-state index in [0.29, 0.717) is 13.2 Å². The van der Waals surface area contributed by atoms with Crippen molar-refractivity contribution in [2.24, 2.45) is 0 Å². The summed E-state index contributed by atoms with van der Waals surface area (Å²) in [6.07, 6.45) is 5.51. The van der Waals surface area contributed by atoms with Crippen LogP contribution in [0.4, 0.5) is 0 Å². The van der Waals surface area contributed by atoms with Crippen LogP contribution >= 0.6 is 0 Å². The number of hydrogen-bond acceptors (Lipinski definition) is 2. The molecule has 2 nitrogen and oxygen atoms in total. The van der Waals surface area contributed by atoms with Crippen molar-refractivity contribution < 1.29 is 9.47 Å². The minimum atomic E-state index is 0.672. The lowest BCUT2D eigenvalue weighted by molar-refractivity contribution is 0.0513. The Morgan fingerprint density at radius 3 is 1.50 bits per heavy atom. The molecule has 0 bridgehead atoms. The third-order valence-electron chi connectivity index (χ3n) is 1.30. The minimum Gasteiger partial charge on any atom is -0.379 e. The average molecular weight is 170 g/mol. The molecular formula is C10H18O2. The normalized spacial score (nSPS) is 9.67. The van der Waals surface area contributed by atoms with Crippen LogP contribution in [0.1, 0.15) is 12.8 Å². The smallest absolute Gasteiger partial charge is 0.0700 e. The highest BCUT2D eigenvalue weighted by molar-refractivity contribution is 4.65. The summed E-state index contributed by atoms with van der Waals surface area (Å²) in [6.45, 7) is 10.0. The van der Waals surface area contributed by atoms with Crippen LogP contribution in [0.5, 0.6) is 0 Å². The molecule has 0 saturated heterocycles. The summed E-state index contributed by atoms with van der Waals surface area (Å²) in [5, 5.41) is 0. The van der Waals surface area contributed by atoms with Crippen LogP contribution in [0.2, 0.25) is 0 Å². The Hall–Kier alpha value is -0.600. The lowest BCUT2D eigenvalue weighted by atomic mass is 10.4.